The zero-order valence-electron chi connectivity index (χ0n) is 18.2. The van der Waals surface area contributed by atoms with E-state index in [2.05, 4.69) is 53.9 Å². The molecule has 4 unspecified atom stereocenters. The Morgan fingerprint density at radius 2 is 1.54 bits per heavy atom. The van der Waals surface area contributed by atoms with Gasteiger partial charge in [-0.3, -0.25) is 0 Å². The number of rotatable bonds is 16. The first-order valence-corrected chi connectivity index (χ1v) is 11.1. The molecule has 0 radical (unpaired) electrons. The predicted molar refractivity (Wildman–Crippen MR) is 112 cm³/mol. The van der Waals surface area contributed by atoms with Crippen LogP contribution in [-0.2, 0) is 0 Å². The Bertz CT molecular complexity index is 271. The van der Waals surface area contributed by atoms with E-state index in [0.717, 1.165) is 11.8 Å². The van der Waals surface area contributed by atoms with Crippen LogP contribution >= 0.6 is 0 Å². The Hall–Kier alpha value is -0.0400. The number of hydrogen-bond acceptors (Lipinski definition) is 1. The van der Waals surface area contributed by atoms with Crippen molar-refractivity contribution in [2.24, 2.45) is 17.3 Å². The molecule has 0 rings (SSSR count). The highest BCUT2D eigenvalue weighted by molar-refractivity contribution is 4.82. The summed E-state index contributed by atoms with van der Waals surface area (Å²) in [6.07, 6.45) is 16.6. The van der Waals surface area contributed by atoms with Crippen molar-refractivity contribution in [3.8, 4) is 0 Å². The molecule has 0 aromatic carbocycles. The normalized spacial score (nSPS) is 18.1. The van der Waals surface area contributed by atoms with E-state index in [-0.39, 0.29) is 0 Å². The largest absolute Gasteiger partial charge is 0.317 e. The summed E-state index contributed by atoms with van der Waals surface area (Å²) in [4.78, 5) is 0. The summed E-state index contributed by atoms with van der Waals surface area (Å²) in [6.45, 7) is 14.5. The minimum Gasteiger partial charge on any atom is -0.317 e. The Morgan fingerprint density at radius 1 is 0.833 bits per heavy atom. The molecule has 24 heavy (non-hydrogen) atoms. The fourth-order valence-electron chi connectivity index (χ4n) is 4.33. The van der Waals surface area contributed by atoms with Gasteiger partial charge in [-0.05, 0) is 50.0 Å². The van der Waals surface area contributed by atoms with Gasteiger partial charge in [0.1, 0.15) is 0 Å². The Kier molecular flexibility index (Phi) is 14.1. The fraction of sp³-hybridized carbons (Fsp3) is 1.00. The third kappa shape index (κ3) is 9.44. The van der Waals surface area contributed by atoms with Crippen LogP contribution in [0.25, 0.3) is 0 Å². The molecule has 0 heterocycles. The summed E-state index contributed by atoms with van der Waals surface area (Å²) in [5.74, 6) is 1.78. The minimum absolute atomic E-state index is 0.535. The van der Waals surface area contributed by atoms with Gasteiger partial charge in [-0.25, -0.2) is 0 Å². The monoisotopic (exact) mass is 339 g/mol. The minimum atomic E-state index is 0.535. The first kappa shape index (κ1) is 24.0. The highest BCUT2D eigenvalue weighted by Gasteiger charge is 2.31. The van der Waals surface area contributed by atoms with Gasteiger partial charge in [-0.15, -0.1) is 0 Å². The maximum absolute atomic E-state index is 3.49. The SMILES string of the molecule is CCCCCCC(C)C(C)(CC)CC(CCC)CCC(CC)NC. The summed E-state index contributed by atoms with van der Waals surface area (Å²) in [5.41, 5.74) is 0.535. The molecule has 0 amide bonds. The van der Waals surface area contributed by atoms with Crippen molar-refractivity contribution >= 4 is 0 Å². The van der Waals surface area contributed by atoms with E-state index in [1.807, 2.05) is 0 Å². The lowest BCUT2D eigenvalue weighted by molar-refractivity contribution is 0.123. The van der Waals surface area contributed by atoms with E-state index < -0.39 is 0 Å². The molecule has 1 nitrogen and oxygen atoms in total. The molecule has 0 saturated heterocycles. The van der Waals surface area contributed by atoms with Gasteiger partial charge in [0, 0.05) is 6.04 Å². The van der Waals surface area contributed by atoms with Crippen molar-refractivity contribution in [3.05, 3.63) is 0 Å². The third-order valence-corrected chi connectivity index (χ3v) is 6.76. The van der Waals surface area contributed by atoms with Crippen molar-refractivity contribution in [2.45, 2.75) is 125 Å². The average molecular weight is 340 g/mol. The van der Waals surface area contributed by atoms with Crippen molar-refractivity contribution in [3.63, 3.8) is 0 Å². The van der Waals surface area contributed by atoms with Crippen LogP contribution in [0.1, 0.15) is 119 Å². The molecular formula is C23H49N. The second-order valence-corrected chi connectivity index (χ2v) is 8.59. The molecule has 0 spiro atoms. The summed E-state index contributed by atoms with van der Waals surface area (Å²) < 4.78 is 0. The van der Waals surface area contributed by atoms with Crippen LogP contribution in [0.5, 0.6) is 0 Å². The van der Waals surface area contributed by atoms with Gasteiger partial charge in [-0.1, -0.05) is 92.9 Å². The Morgan fingerprint density at radius 3 is 2.04 bits per heavy atom. The van der Waals surface area contributed by atoms with Crippen molar-refractivity contribution in [2.75, 3.05) is 7.05 Å². The lowest BCUT2D eigenvalue weighted by Crippen LogP contribution is -2.29. The Balaban J connectivity index is 4.59. The van der Waals surface area contributed by atoms with Crippen LogP contribution in [0.4, 0.5) is 0 Å². The zero-order chi connectivity index (χ0) is 18.4. The van der Waals surface area contributed by atoms with Crippen LogP contribution in [0.2, 0.25) is 0 Å². The van der Waals surface area contributed by atoms with Crippen LogP contribution in [0, 0.1) is 17.3 Å². The van der Waals surface area contributed by atoms with Gasteiger partial charge in [0.2, 0.25) is 0 Å². The number of nitrogens with one attached hydrogen (secondary N) is 1. The summed E-state index contributed by atoms with van der Waals surface area (Å²) in [7, 11) is 2.12. The van der Waals surface area contributed by atoms with E-state index >= 15 is 0 Å². The quantitative estimate of drug-likeness (QED) is 0.285. The summed E-state index contributed by atoms with van der Waals surface area (Å²) in [6, 6.07) is 0.712. The maximum Gasteiger partial charge on any atom is 0.00615 e. The maximum atomic E-state index is 3.49. The van der Waals surface area contributed by atoms with Gasteiger partial charge < -0.3 is 5.32 Å². The van der Waals surface area contributed by atoms with E-state index in [9.17, 15) is 0 Å². The molecule has 0 fully saturated rings. The van der Waals surface area contributed by atoms with Gasteiger partial charge in [0.05, 0.1) is 0 Å². The standard InChI is InChI=1S/C23H49N/c1-8-12-13-14-16-20(5)23(6,11-4)19-21(15-9-2)17-18-22(10-3)24-7/h20-22,24H,8-19H2,1-7H3. The first-order chi connectivity index (χ1) is 11.5. The smallest absolute Gasteiger partial charge is 0.00615 e. The van der Waals surface area contributed by atoms with E-state index in [1.165, 1.54) is 77.0 Å². The predicted octanol–water partition coefficient (Wildman–Crippen LogP) is 7.59. The second-order valence-electron chi connectivity index (χ2n) is 8.59. The molecule has 1 N–H and O–H groups in total. The molecule has 0 aromatic rings. The van der Waals surface area contributed by atoms with Crippen LogP contribution in [0.15, 0.2) is 0 Å². The lowest BCUT2D eigenvalue weighted by atomic mass is 9.67. The highest BCUT2D eigenvalue weighted by Crippen LogP contribution is 2.42. The molecule has 4 atom stereocenters. The van der Waals surface area contributed by atoms with Gasteiger partial charge in [0.25, 0.3) is 0 Å². The molecule has 0 bridgehead atoms. The number of hydrogen-bond donors (Lipinski definition) is 1. The molecule has 1 heteroatoms. The molecule has 0 aliphatic carbocycles. The highest BCUT2D eigenvalue weighted by atomic mass is 14.9. The molecule has 0 saturated carbocycles. The topological polar surface area (TPSA) is 12.0 Å². The fourth-order valence-corrected chi connectivity index (χ4v) is 4.33. The molecule has 0 aromatic heterocycles. The zero-order valence-corrected chi connectivity index (χ0v) is 18.2. The van der Waals surface area contributed by atoms with Crippen LogP contribution in [-0.4, -0.2) is 13.1 Å². The molecule has 0 aliphatic heterocycles. The first-order valence-electron chi connectivity index (χ1n) is 11.1. The van der Waals surface area contributed by atoms with Gasteiger partial charge in [-0.2, -0.15) is 0 Å². The van der Waals surface area contributed by atoms with E-state index in [0.29, 0.717) is 11.5 Å². The number of unbranched alkanes of at least 4 members (excludes halogenated alkanes) is 3. The van der Waals surface area contributed by atoms with Crippen molar-refractivity contribution in [1.29, 1.82) is 0 Å². The third-order valence-electron chi connectivity index (χ3n) is 6.76. The van der Waals surface area contributed by atoms with Crippen LogP contribution in [0.3, 0.4) is 0 Å². The van der Waals surface area contributed by atoms with E-state index in [4.69, 9.17) is 0 Å². The van der Waals surface area contributed by atoms with Crippen LogP contribution < -0.4 is 5.32 Å². The van der Waals surface area contributed by atoms with Gasteiger partial charge >= 0.3 is 0 Å². The second kappa shape index (κ2) is 14.2. The lowest BCUT2D eigenvalue weighted by Gasteiger charge is -2.38. The molecule has 146 valence electrons. The van der Waals surface area contributed by atoms with Gasteiger partial charge in [0.15, 0.2) is 0 Å². The molecular weight excluding hydrogens is 290 g/mol. The summed E-state index contributed by atoms with van der Waals surface area (Å²) >= 11 is 0. The van der Waals surface area contributed by atoms with E-state index in [1.54, 1.807) is 0 Å². The average Bonchev–Trinajstić information content (AvgIpc) is 2.59. The van der Waals surface area contributed by atoms with Crippen molar-refractivity contribution < 1.29 is 0 Å². The van der Waals surface area contributed by atoms with Crippen molar-refractivity contribution in [1.82, 2.24) is 5.32 Å². The Labute approximate surface area is 154 Å². The molecule has 0 aliphatic rings. The summed E-state index contributed by atoms with van der Waals surface area (Å²) in [5, 5.41) is 3.49.